The van der Waals surface area contributed by atoms with Gasteiger partial charge in [-0.3, -0.25) is 9.59 Å². The number of methoxy groups -OCH3 is 1. The van der Waals surface area contributed by atoms with Crippen LogP contribution in [-0.4, -0.2) is 36.5 Å². The Morgan fingerprint density at radius 3 is 2.46 bits per heavy atom. The summed E-state index contributed by atoms with van der Waals surface area (Å²) < 4.78 is 43.9. The van der Waals surface area contributed by atoms with Gasteiger partial charge in [-0.2, -0.15) is 13.2 Å². The lowest BCUT2D eigenvalue weighted by molar-refractivity contribution is -0.148. The van der Waals surface area contributed by atoms with Gasteiger partial charge in [-0.05, 0) is 37.8 Å². The molecule has 1 aromatic carbocycles. The monoisotopic (exact) mass is 343 g/mol. The third-order valence-electron chi connectivity index (χ3n) is 4.21. The highest BCUT2D eigenvalue weighted by Crippen LogP contribution is 2.51. The van der Waals surface area contributed by atoms with E-state index in [1.807, 2.05) is 0 Å². The standard InChI is InChI=1S/C17H20F3NO3/c1-10(2)21(9-15(22)24-3)16(23)13-8-12(13)11-6-4-5-7-14(11)17(18,19)20/h4-7,10,12-13H,8-9H2,1-3H3. The Morgan fingerprint density at radius 2 is 1.92 bits per heavy atom. The first kappa shape index (κ1) is 18.3. The fourth-order valence-corrected chi connectivity index (χ4v) is 2.82. The maximum Gasteiger partial charge on any atom is 0.416 e. The molecule has 1 saturated carbocycles. The van der Waals surface area contributed by atoms with Crippen molar-refractivity contribution in [1.82, 2.24) is 4.90 Å². The number of hydrogen-bond donors (Lipinski definition) is 0. The molecular weight excluding hydrogens is 323 g/mol. The fraction of sp³-hybridized carbons (Fsp3) is 0.529. The number of hydrogen-bond acceptors (Lipinski definition) is 3. The summed E-state index contributed by atoms with van der Waals surface area (Å²) in [7, 11) is 1.23. The van der Waals surface area contributed by atoms with E-state index in [4.69, 9.17) is 0 Å². The summed E-state index contributed by atoms with van der Waals surface area (Å²) in [5.41, 5.74) is -0.556. The summed E-state index contributed by atoms with van der Waals surface area (Å²) in [5, 5.41) is 0. The van der Waals surface area contributed by atoms with Crippen LogP contribution < -0.4 is 0 Å². The zero-order valence-electron chi connectivity index (χ0n) is 13.8. The summed E-state index contributed by atoms with van der Waals surface area (Å²) in [6.45, 7) is 3.31. The van der Waals surface area contributed by atoms with Gasteiger partial charge in [0.1, 0.15) is 6.54 Å². The van der Waals surface area contributed by atoms with E-state index in [0.717, 1.165) is 6.07 Å². The van der Waals surface area contributed by atoms with Gasteiger partial charge >= 0.3 is 12.1 Å². The van der Waals surface area contributed by atoms with Crippen LogP contribution in [0.25, 0.3) is 0 Å². The van der Waals surface area contributed by atoms with Crippen LogP contribution in [0.5, 0.6) is 0 Å². The third kappa shape index (κ3) is 3.88. The number of benzene rings is 1. The smallest absolute Gasteiger partial charge is 0.416 e. The third-order valence-corrected chi connectivity index (χ3v) is 4.21. The predicted octanol–water partition coefficient (Wildman–Crippen LogP) is 3.22. The molecule has 1 aliphatic rings. The van der Waals surface area contributed by atoms with E-state index in [-0.39, 0.29) is 24.1 Å². The average molecular weight is 343 g/mol. The molecule has 0 heterocycles. The summed E-state index contributed by atoms with van der Waals surface area (Å²) in [6, 6.07) is 5.09. The molecule has 2 unspecified atom stereocenters. The van der Waals surface area contributed by atoms with E-state index in [1.54, 1.807) is 19.9 Å². The molecule has 132 valence electrons. The van der Waals surface area contributed by atoms with E-state index < -0.39 is 29.5 Å². The van der Waals surface area contributed by atoms with Crippen LogP contribution in [-0.2, 0) is 20.5 Å². The van der Waals surface area contributed by atoms with Gasteiger partial charge < -0.3 is 9.64 Å². The molecule has 0 N–H and O–H groups in total. The van der Waals surface area contributed by atoms with Crippen LogP contribution >= 0.6 is 0 Å². The molecule has 7 heteroatoms. The minimum Gasteiger partial charge on any atom is -0.468 e. The van der Waals surface area contributed by atoms with Crippen LogP contribution in [0.1, 0.15) is 37.3 Å². The molecule has 4 nitrogen and oxygen atoms in total. The van der Waals surface area contributed by atoms with Gasteiger partial charge in [-0.15, -0.1) is 0 Å². The van der Waals surface area contributed by atoms with Crippen molar-refractivity contribution in [3.8, 4) is 0 Å². The Morgan fingerprint density at radius 1 is 1.29 bits per heavy atom. The lowest BCUT2D eigenvalue weighted by Gasteiger charge is -2.26. The maximum atomic E-state index is 13.1. The van der Waals surface area contributed by atoms with E-state index in [0.29, 0.717) is 6.42 Å². The van der Waals surface area contributed by atoms with Crippen molar-refractivity contribution >= 4 is 11.9 Å². The lowest BCUT2D eigenvalue weighted by atomic mass is 10.0. The quantitative estimate of drug-likeness (QED) is 0.771. The van der Waals surface area contributed by atoms with Crippen LogP contribution in [0.4, 0.5) is 13.2 Å². The van der Waals surface area contributed by atoms with E-state index in [1.165, 1.54) is 24.1 Å². The molecule has 24 heavy (non-hydrogen) atoms. The average Bonchev–Trinajstić information content (AvgIpc) is 3.31. The van der Waals surface area contributed by atoms with Crippen LogP contribution in [0, 0.1) is 5.92 Å². The highest BCUT2D eigenvalue weighted by Gasteiger charge is 2.49. The summed E-state index contributed by atoms with van der Waals surface area (Å²) in [5.74, 6) is -1.85. The Bertz CT molecular complexity index is 628. The minimum atomic E-state index is -4.45. The summed E-state index contributed by atoms with van der Waals surface area (Å²) in [6.07, 6.45) is -4.09. The number of carbonyl (C=O) groups excluding carboxylic acids is 2. The van der Waals surface area contributed by atoms with E-state index in [2.05, 4.69) is 4.74 Å². The Balaban J connectivity index is 2.17. The molecule has 0 radical (unpaired) electrons. The normalized spacial score (nSPS) is 20.0. The second-order valence-electron chi connectivity index (χ2n) is 6.17. The maximum absolute atomic E-state index is 13.1. The zero-order chi connectivity index (χ0) is 18.1. The Hall–Kier alpha value is -2.05. The van der Waals surface area contributed by atoms with Gasteiger partial charge in [0.05, 0.1) is 12.7 Å². The largest absolute Gasteiger partial charge is 0.468 e. The fourth-order valence-electron chi connectivity index (χ4n) is 2.82. The molecule has 1 aromatic rings. The number of halogens is 3. The highest BCUT2D eigenvalue weighted by atomic mass is 19.4. The van der Waals surface area contributed by atoms with Gasteiger partial charge in [0.15, 0.2) is 0 Å². The molecule has 0 aromatic heterocycles. The van der Waals surface area contributed by atoms with Crippen molar-refractivity contribution in [1.29, 1.82) is 0 Å². The van der Waals surface area contributed by atoms with Crippen molar-refractivity contribution in [2.75, 3.05) is 13.7 Å². The van der Waals surface area contributed by atoms with Crippen LogP contribution in [0.2, 0.25) is 0 Å². The van der Waals surface area contributed by atoms with Crippen LogP contribution in [0.3, 0.4) is 0 Å². The first-order valence-corrected chi connectivity index (χ1v) is 7.70. The highest BCUT2D eigenvalue weighted by molar-refractivity contribution is 5.86. The molecule has 1 amide bonds. The molecule has 0 spiro atoms. The SMILES string of the molecule is COC(=O)CN(C(=O)C1CC1c1ccccc1C(F)(F)F)C(C)C. The number of amides is 1. The van der Waals surface area contributed by atoms with Gasteiger partial charge in [-0.1, -0.05) is 18.2 Å². The number of alkyl halides is 3. The predicted molar refractivity (Wildman–Crippen MR) is 81.2 cm³/mol. The first-order valence-electron chi connectivity index (χ1n) is 7.70. The Kier molecular flexibility index (Phi) is 5.20. The summed E-state index contributed by atoms with van der Waals surface area (Å²) >= 11 is 0. The number of esters is 1. The van der Waals surface area contributed by atoms with Gasteiger partial charge in [-0.25, -0.2) is 0 Å². The molecular formula is C17H20F3NO3. The number of carbonyl (C=O) groups is 2. The second kappa shape index (κ2) is 6.83. The van der Waals surface area contributed by atoms with Crippen molar-refractivity contribution in [3.63, 3.8) is 0 Å². The molecule has 2 atom stereocenters. The number of rotatable bonds is 5. The van der Waals surface area contributed by atoms with Crippen molar-refractivity contribution in [2.45, 2.75) is 38.4 Å². The minimum absolute atomic E-state index is 0.144. The van der Waals surface area contributed by atoms with Gasteiger partial charge in [0.2, 0.25) is 5.91 Å². The number of ether oxygens (including phenoxy) is 1. The molecule has 0 bridgehead atoms. The first-order chi connectivity index (χ1) is 11.2. The van der Waals surface area contributed by atoms with Gasteiger partial charge in [0, 0.05) is 12.0 Å². The van der Waals surface area contributed by atoms with Gasteiger partial charge in [0.25, 0.3) is 0 Å². The topological polar surface area (TPSA) is 46.6 Å². The molecule has 0 saturated heterocycles. The lowest BCUT2D eigenvalue weighted by Crippen LogP contribution is -2.42. The van der Waals surface area contributed by atoms with Crippen molar-refractivity contribution in [3.05, 3.63) is 35.4 Å². The zero-order valence-corrected chi connectivity index (χ0v) is 13.8. The van der Waals surface area contributed by atoms with E-state index >= 15 is 0 Å². The molecule has 1 aliphatic carbocycles. The number of nitrogens with zero attached hydrogens (tertiary/aromatic N) is 1. The van der Waals surface area contributed by atoms with E-state index in [9.17, 15) is 22.8 Å². The molecule has 1 fully saturated rings. The molecule has 0 aliphatic heterocycles. The van der Waals surface area contributed by atoms with Crippen molar-refractivity contribution in [2.24, 2.45) is 5.92 Å². The van der Waals surface area contributed by atoms with Crippen LogP contribution in [0.15, 0.2) is 24.3 Å². The second-order valence-corrected chi connectivity index (χ2v) is 6.17. The molecule has 2 rings (SSSR count). The summed E-state index contributed by atoms with van der Waals surface area (Å²) in [4.78, 5) is 25.4. The Labute approximate surface area is 138 Å². The van der Waals surface area contributed by atoms with Crippen molar-refractivity contribution < 1.29 is 27.5 Å².